The lowest BCUT2D eigenvalue weighted by atomic mass is 10.2. The van der Waals surface area contributed by atoms with Gasteiger partial charge in [-0.15, -0.1) is 0 Å². The molecule has 1 aliphatic heterocycles. The van der Waals surface area contributed by atoms with Gasteiger partial charge in [0, 0.05) is 41.8 Å². The molecule has 0 saturated carbocycles. The van der Waals surface area contributed by atoms with E-state index in [1.165, 1.54) is 22.1 Å². The fourth-order valence-corrected chi connectivity index (χ4v) is 3.54. The predicted molar refractivity (Wildman–Crippen MR) is 81.3 cm³/mol. The maximum absolute atomic E-state index is 4.16. The molecule has 0 bridgehead atoms. The number of nitrogens with one attached hydrogen (secondary N) is 1. The second-order valence-electron chi connectivity index (χ2n) is 5.07. The van der Waals surface area contributed by atoms with Crippen LogP contribution in [0.1, 0.15) is 13.3 Å². The molecule has 1 atom stereocenters. The normalized spacial score (nSPS) is 21.4. The molecule has 0 radical (unpaired) electrons. The van der Waals surface area contributed by atoms with Crippen molar-refractivity contribution in [3.63, 3.8) is 0 Å². The number of hydrogen-bond donors (Lipinski definition) is 1. The van der Waals surface area contributed by atoms with Crippen LogP contribution in [0, 0.1) is 0 Å². The minimum absolute atomic E-state index is 0.569. The molecule has 19 heavy (non-hydrogen) atoms. The highest BCUT2D eigenvalue weighted by molar-refractivity contribution is 7.97. The fraction of sp³-hybridized carbons (Fsp3) is 0.400. The van der Waals surface area contributed by atoms with Crippen LogP contribution in [0.15, 0.2) is 41.6 Å². The van der Waals surface area contributed by atoms with Crippen molar-refractivity contribution in [1.82, 2.24) is 14.6 Å². The third-order valence-corrected chi connectivity index (χ3v) is 4.46. The van der Waals surface area contributed by atoms with Gasteiger partial charge in [0.2, 0.25) is 0 Å². The highest BCUT2D eigenvalue weighted by Gasteiger charge is 2.15. The summed E-state index contributed by atoms with van der Waals surface area (Å²) in [6, 6.07) is 9.25. The van der Waals surface area contributed by atoms with Crippen molar-refractivity contribution in [2.45, 2.75) is 24.3 Å². The maximum Gasteiger partial charge on any atom is 0.0346 e. The summed E-state index contributed by atoms with van der Waals surface area (Å²) in [6.45, 7) is 5.63. The van der Waals surface area contributed by atoms with Crippen molar-refractivity contribution < 1.29 is 0 Å². The van der Waals surface area contributed by atoms with Gasteiger partial charge in [0.1, 0.15) is 0 Å². The first-order chi connectivity index (χ1) is 9.31. The van der Waals surface area contributed by atoms with E-state index in [4.69, 9.17) is 0 Å². The third-order valence-electron chi connectivity index (χ3n) is 3.40. The lowest BCUT2D eigenvalue weighted by Gasteiger charge is -2.21. The quantitative estimate of drug-likeness (QED) is 0.852. The molecule has 1 aromatic heterocycles. The van der Waals surface area contributed by atoms with E-state index in [2.05, 4.69) is 45.8 Å². The van der Waals surface area contributed by atoms with Crippen LogP contribution in [-0.4, -0.2) is 35.0 Å². The molecular formula is C15H19N3S. The molecule has 3 rings (SSSR count). The molecule has 2 heterocycles. The predicted octanol–water partition coefficient (Wildman–Crippen LogP) is 2.93. The SMILES string of the molecule is CC1CN(Sc2ccc3cnccc3c2)CCCN1. The van der Waals surface area contributed by atoms with Gasteiger partial charge < -0.3 is 5.32 Å². The minimum Gasteiger partial charge on any atom is -0.313 e. The van der Waals surface area contributed by atoms with Gasteiger partial charge in [-0.2, -0.15) is 0 Å². The van der Waals surface area contributed by atoms with Crippen molar-refractivity contribution in [1.29, 1.82) is 0 Å². The highest BCUT2D eigenvalue weighted by Crippen LogP contribution is 2.27. The topological polar surface area (TPSA) is 28.2 Å². The summed E-state index contributed by atoms with van der Waals surface area (Å²) in [4.78, 5) is 5.47. The van der Waals surface area contributed by atoms with Crippen LogP contribution in [0.5, 0.6) is 0 Å². The molecule has 3 nitrogen and oxygen atoms in total. The van der Waals surface area contributed by atoms with Crippen LogP contribution in [-0.2, 0) is 0 Å². The zero-order valence-electron chi connectivity index (χ0n) is 11.2. The van der Waals surface area contributed by atoms with Crippen LogP contribution in [0.25, 0.3) is 10.8 Å². The molecule has 0 amide bonds. The van der Waals surface area contributed by atoms with Crippen molar-refractivity contribution in [3.05, 3.63) is 36.7 Å². The van der Waals surface area contributed by atoms with Crippen molar-refractivity contribution in [2.75, 3.05) is 19.6 Å². The Bertz CT molecular complexity index is 558. The van der Waals surface area contributed by atoms with Crippen molar-refractivity contribution in [2.24, 2.45) is 0 Å². The number of fused-ring (bicyclic) bond motifs is 1. The number of hydrogen-bond acceptors (Lipinski definition) is 4. The van der Waals surface area contributed by atoms with Gasteiger partial charge in [-0.05, 0) is 55.4 Å². The number of aromatic nitrogens is 1. The minimum atomic E-state index is 0.569. The van der Waals surface area contributed by atoms with E-state index in [1.54, 1.807) is 0 Å². The Morgan fingerprint density at radius 1 is 1.32 bits per heavy atom. The molecule has 2 aromatic rings. The van der Waals surface area contributed by atoms with Gasteiger partial charge >= 0.3 is 0 Å². The lowest BCUT2D eigenvalue weighted by Crippen LogP contribution is -2.32. The van der Waals surface area contributed by atoms with Gasteiger partial charge in [0.05, 0.1) is 0 Å². The van der Waals surface area contributed by atoms with Crippen LogP contribution in [0.2, 0.25) is 0 Å². The Labute approximate surface area is 118 Å². The van der Waals surface area contributed by atoms with E-state index in [1.807, 2.05) is 24.3 Å². The van der Waals surface area contributed by atoms with Gasteiger partial charge in [-0.1, -0.05) is 6.07 Å². The van der Waals surface area contributed by atoms with E-state index < -0.39 is 0 Å². The summed E-state index contributed by atoms with van der Waals surface area (Å²) in [5.41, 5.74) is 0. The summed E-state index contributed by atoms with van der Waals surface area (Å²) < 4.78 is 2.47. The lowest BCUT2D eigenvalue weighted by molar-refractivity contribution is 0.453. The molecule has 1 unspecified atom stereocenters. The summed E-state index contributed by atoms with van der Waals surface area (Å²) in [5.74, 6) is 0. The van der Waals surface area contributed by atoms with Crippen LogP contribution in [0.3, 0.4) is 0 Å². The standard InChI is InChI=1S/C15H19N3S/c1-12-11-18(8-2-6-17-12)19-15-4-3-14-10-16-7-5-13(14)9-15/h3-5,7,9-10,12,17H,2,6,8,11H2,1H3. The summed E-state index contributed by atoms with van der Waals surface area (Å²) >= 11 is 1.87. The summed E-state index contributed by atoms with van der Waals surface area (Å²) in [7, 11) is 0. The Morgan fingerprint density at radius 3 is 3.21 bits per heavy atom. The molecule has 0 aliphatic carbocycles. The van der Waals surface area contributed by atoms with Crippen LogP contribution in [0.4, 0.5) is 0 Å². The average molecular weight is 273 g/mol. The van der Waals surface area contributed by atoms with Crippen molar-refractivity contribution >= 4 is 22.7 Å². The molecule has 1 aliphatic rings. The monoisotopic (exact) mass is 273 g/mol. The van der Waals surface area contributed by atoms with Gasteiger partial charge in [0.25, 0.3) is 0 Å². The maximum atomic E-state index is 4.16. The summed E-state index contributed by atoms with van der Waals surface area (Å²) in [5, 5.41) is 6.00. The van der Waals surface area contributed by atoms with Gasteiger partial charge in [0.15, 0.2) is 0 Å². The Kier molecular flexibility index (Phi) is 4.01. The number of pyridine rings is 1. The van der Waals surface area contributed by atoms with Crippen molar-refractivity contribution in [3.8, 4) is 0 Å². The molecule has 1 saturated heterocycles. The first-order valence-corrected chi connectivity index (χ1v) is 7.59. The number of rotatable bonds is 2. The number of nitrogens with zero attached hydrogens (tertiary/aromatic N) is 2. The fourth-order valence-electron chi connectivity index (χ4n) is 2.42. The van der Waals surface area contributed by atoms with Crippen LogP contribution < -0.4 is 5.32 Å². The average Bonchev–Trinajstić information content (AvgIpc) is 2.63. The second-order valence-corrected chi connectivity index (χ2v) is 6.24. The van der Waals surface area contributed by atoms with E-state index in [0.717, 1.165) is 19.6 Å². The molecule has 1 N–H and O–H groups in total. The molecule has 1 aromatic carbocycles. The Hall–Kier alpha value is -1.10. The molecule has 1 fully saturated rings. The highest BCUT2D eigenvalue weighted by atomic mass is 32.2. The van der Waals surface area contributed by atoms with Gasteiger partial charge in [-0.25, -0.2) is 4.31 Å². The first kappa shape index (κ1) is 12.9. The smallest absolute Gasteiger partial charge is 0.0346 e. The largest absolute Gasteiger partial charge is 0.313 e. The van der Waals surface area contributed by atoms with E-state index in [9.17, 15) is 0 Å². The molecule has 4 heteroatoms. The molecule has 0 spiro atoms. The van der Waals surface area contributed by atoms with Crippen LogP contribution >= 0.6 is 11.9 Å². The van der Waals surface area contributed by atoms with E-state index in [-0.39, 0.29) is 0 Å². The molecular weight excluding hydrogens is 254 g/mol. The first-order valence-electron chi connectivity index (χ1n) is 6.81. The van der Waals surface area contributed by atoms with E-state index >= 15 is 0 Å². The van der Waals surface area contributed by atoms with E-state index in [0.29, 0.717) is 6.04 Å². The Morgan fingerprint density at radius 2 is 2.26 bits per heavy atom. The Balaban J connectivity index is 1.76. The molecule has 100 valence electrons. The number of benzene rings is 1. The zero-order valence-corrected chi connectivity index (χ0v) is 12.0. The zero-order chi connectivity index (χ0) is 13.1. The second kappa shape index (κ2) is 5.90. The summed E-state index contributed by atoms with van der Waals surface area (Å²) in [6.07, 6.45) is 4.99. The third kappa shape index (κ3) is 3.26. The van der Waals surface area contributed by atoms with Gasteiger partial charge in [-0.3, -0.25) is 4.98 Å².